The van der Waals surface area contributed by atoms with Crippen LogP contribution in [-0.4, -0.2) is 13.0 Å². The van der Waals surface area contributed by atoms with Crippen molar-refractivity contribution in [3.05, 3.63) is 69.7 Å². The predicted molar refractivity (Wildman–Crippen MR) is 98.3 cm³/mol. The maximum absolute atomic E-state index is 12.3. The van der Waals surface area contributed by atoms with Crippen molar-refractivity contribution >= 4 is 34.8 Å². The predicted octanol–water partition coefficient (Wildman–Crippen LogP) is 4.69. The summed E-state index contributed by atoms with van der Waals surface area (Å²) >= 11 is 11.9. The van der Waals surface area contributed by atoms with Gasteiger partial charge in [0.05, 0.1) is 23.4 Å². The van der Waals surface area contributed by atoms with E-state index in [9.17, 15) is 4.79 Å². The van der Waals surface area contributed by atoms with Crippen LogP contribution in [0, 0.1) is 0 Å². The number of ether oxygens (including phenoxy) is 1. The van der Waals surface area contributed by atoms with Crippen LogP contribution in [0.4, 0.5) is 0 Å². The molecule has 24 heavy (non-hydrogen) atoms. The molecule has 0 spiro atoms. The number of nitrogens with one attached hydrogen (secondary N) is 2. The summed E-state index contributed by atoms with van der Waals surface area (Å²) in [4.78, 5) is 12.3. The number of methoxy groups -OCH3 is 1. The molecule has 0 unspecified atom stereocenters. The number of benzene rings is 2. The number of carbonyl (C=O) groups is 1. The highest BCUT2D eigenvalue weighted by Gasteiger charge is 2.11. The van der Waals surface area contributed by atoms with Crippen molar-refractivity contribution in [2.45, 2.75) is 13.3 Å². The zero-order chi connectivity index (χ0) is 17.5. The van der Waals surface area contributed by atoms with Gasteiger partial charge in [-0.25, -0.2) is 0 Å². The minimum absolute atomic E-state index is 0.298. The van der Waals surface area contributed by atoms with E-state index in [-0.39, 0.29) is 5.91 Å². The summed E-state index contributed by atoms with van der Waals surface area (Å²) in [7, 11) is 1.62. The first-order chi connectivity index (χ1) is 11.5. The van der Waals surface area contributed by atoms with Gasteiger partial charge < -0.3 is 4.74 Å². The van der Waals surface area contributed by atoms with E-state index in [1.807, 2.05) is 37.3 Å². The molecule has 0 aliphatic heterocycles. The van der Waals surface area contributed by atoms with Crippen molar-refractivity contribution in [3.8, 4) is 5.75 Å². The molecule has 4 nitrogen and oxygen atoms in total. The molecule has 0 aliphatic rings. The minimum Gasteiger partial charge on any atom is -0.497 e. The zero-order valence-electron chi connectivity index (χ0n) is 13.4. The fourth-order valence-electron chi connectivity index (χ4n) is 2.08. The van der Waals surface area contributed by atoms with E-state index in [0.29, 0.717) is 15.6 Å². The molecule has 0 atom stereocenters. The lowest BCUT2D eigenvalue weighted by Gasteiger charge is -2.14. The van der Waals surface area contributed by atoms with Gasteiger partial charge >= 0.3 is 0 Å². The van der Waals surface area contributed by atoms with Crippen LogP contribution < -0.4 is 15.6 Å². The van der Waals surface area contributed by atoms with E-state index in [1.54, 1.807) is 19.2 Å². The monoisotopic (exact) mass is 364 g/mol. The number of halogens is 2. The van der Waals surface area contributed by atoms with Gasteiger partial charge in [-0.3, -0.25) is 15.6 Å². The van der Waals surface area contributed by atoms with Crippen molar-refractivity contribution in [2.24, 2.45) is 0 Å². The Bertz CT molecular complexity index is 743. The Morgan fingerprint density at radius 1 is 1.12 bits per heavy atom. The quantitative estimate of drug-likeness (QED) is 0.731. The lowest BCUT2D eigenvalue weighted by atomic mass is 10.1. The van der Waals surface area contributed by atoms with Gasteiger partial charge in [0.15, 0.2) is 0 Å². The van der Waals surface area contributed by atoms with Gasteiger partial charge in [0.25, 0.3) is 5.91 Å². The van der Waals surface area contributed by atoms with E-state index in [1.165, 1.54) is 6.07 Å². The number of amides is 1. The van der Waals surface area contributed by atoms with Crippen LogP contribution in [0.1, 0.15) is 29.3 Å². The summed E-state index contributed by atoms with van der Waals surface area (Å²) in [5.41, 5.74) is 7.67. The molecule has 0 heterocycles. The summed E-state index contributed by atoms with van der Waals surface area (Å²) in [6.45, 7) is 2.02. The van der Waals surface area contributed by atoms with Gasteiger partial charge in [-0.15, -0.1) is 0 Å². The first kappa shape index (κ1) is 18.2. The van der Waals surface area contributed by atoms with Crippen LogP contribution in [-0.2, 0) is 0 Å². The lowest BCUT2D eigenvalue weighted by Crippen LogP contribution is -2.36. The smallest absolute Gasteiger partial charge is 0.271 e. The minimum atomic E-state index is -0.341. The van der Waals surface area contributed by atoms with Gasteiger partial charge in [-0.2, -0.15) is 0 Å². The molecule has 0 saturated heterocycles. The second kappa shape index (κ2) is 8.62. The maximum Gasteiger partial charge on any atom is 0.271 e. The number of carbonyl (C=O) groups excluding carboxylic acids is 1. The number of hydrogen-bond donors (Lipinski definition) is 2. The molecule has 1 amide bonds. The summed E-state index contributed by atoms with van der Waals surface area (Å²) in [6, 6.07) is 12.3. The van der Waals surface area contributed by atoms with Gasteiger partial charge in [-0.1, -0.05) is 36.2 Å². The van der Waals surface area contributed by atoms with Crippen LogP contribution >= 0.6 is 23.2 Å². The molecule has 2 aromatic carbocycles. The normalized spacial score (nSPS) is 11.1. The molecule has 0 saturated carbocycles. The topological polar surface area (TPSA) is 50.4 Å². The number of allylic oxidation sites excluding steroid dienone is 1. The number of hydrogen-bond acceptors (Lipinski definition) is 3. The molecule has 2 N–H and O–H groups in total. The van der Waals surface area contributed by atoms with Gasteiger partial charge in [0.2, 0.25) is 0 Å². The number of rotatable bonds is 6. The van der Waals surface area contributed by atoms with Gasteiger partial charge in [0.1, 0.15) is 5.75 Å². The van der Waals surface area contributed by atoms with Gasteiger partial charge in [0, 0.05) is 5.02 Å². The zero-order valence-corrected chi connectivity index (χ0v) is 14.9. The highest BCUT2D eigenvalue weighted by Crippen LogP contribution is 2.21. The highest BCUT2D eigenvalue weighted by atomic mass is 35.5. The Morgan fingerprint density at radius 2 is 1.83 bits per heavy atom. The van der Waals surface area contributed by atoms with E-state index in [0.717, 1.165) is 23.4 Å². The molecule has 126 valence electrons. The second-order valence-corrected chi connectivity index (χ2v) is 5.80. The molecule has 2 aromatic rings. The van der Waals surface area contributed by atoms with Crippen molar-refractivity contribution in [3.63, 3.8) is 0 Å². The Balaban J connectivity index is 2.10. The Morgan fingerprint density at radius 3 is 2.42 bits per heavy atom. The third-order valence-electron chi connectivity index (χ3n) is 3.30. The third-order valence-corrected chi connectivity index (χ3v) is 3.84. The largest absolute Gasteiger partial charge is 0.497 e. The lowest BCUT2D eigenvalue weighted by molar-refractivity contribution is 0.0942. The van der Waals surface area contributed by atoms with Crippen LogP contribution in [0.2, 0.25) is 10.0 Å². The van der Waals surface area contributed by atoms with Crippen LogP contribution in [0.25, 0.3) is 5.70 Å². The molecular weight excluding hydrogens is 347 g/mol. The average Bonchev–Trinajstić information content (AvgIpc) is 2.58. The summed E-state index contributed by atoms with van der Waals surface area (Å²) in [5, 5.41) is 0.779. The van der Waals surface area contributed by atoms with Crippen LogP contribution in [0.15, 0.2) is 48.5 Å². The third kappa shape index (κ3) is 4.66. The molecule has 6 heteroatoms. The summed E-state index contributed by atoms with van der Waals surface area (Å²) < 4.78 is 5.15. The van der Waals surface area contributed by atoms with Crippen molar-refractivity contribution in [1.82, 2.24) is 10.9 Å². The van der Waals surface area contributed by atoms with Crippen molar-refractivity contribution in [2.75, 3.05) is 7.11 Å². The molecule has 0 bridgehead atoms. The SMILES string of the molecule is CCC=C(NNC(=O)c1ccc(Cl)cc1Cl)c1ccc(OC)cc1. The fraction of sp³-hybridized carbons (Fsp3) is 0.167. The Hall–Kier alpha value is -2.17. The second-order valence-electron chi connectivity index (χ2n) is 4.96. The summed E-state index contributed by atoms with van der Waals surface area (Å²) in [6.07, 6.45) is 2.79. The fourth-order valence-corrected chi connectivity index (χ4v) is 2.58. The average molecular weight is 365 g/mol. The first-order valence-corrected chi connectivity index (χ1v) is 8.16. The Labute approximate surface area is 151 Å². The van der Waals surface area contributed by atoms with Crippen molar-refractivity contribution < 1.29 is 9.53 Å². The van der Waals surface area contributed by atoms with E-state index >= 15 is 0 Å². The van der Waals surface area contributed by atoms with E-state index < -0.39 is 0 Å². The summed E-state index contributed by atoms with van der Waals surface area (Å²) in [5.74, 6) is 0.429. The van der Waals surface area contributed by atoms with Gasteiger partial charge in [-0.05, 0) is 54.4 Å². The standard InChI is InChI=1S/C18H18Cl2N2O2/c1-3-4-17(12-5-8-14(24-2)9-6-12)21-22-18(23)15-10-7-13(19)11-16(15)20/h4-11,21H,3H2,1-2H3,(H,22,23). The molecule has 0 aromatic heterocycles. The maximum atomic E-state index is 12.3. The molecule has 2 rings (SSSR count). The highest BCUT2D eigenvalue weighted by molar-refractivity contribution is 6.36. The Kier molecular flexibility index (Phi) is 6.53. The van der Waals surface area contributed by atoms with Crippen LogP contribution in [0.3, 0.4) is 0 Å². The molecule has 0 fully saturated rings. The first-order valence-electron chi connectivity index (χ1n) is 7.41. The molecular formula is C18H18Cl2N2O2. The van der Waals surface area contributed by atoms with E-state index in [2.05, 4.69) is 10.9 Å². The van der Waals surface area contributed by atoms with Crippen molar-refractivity contribution in [1.29, 1.82) is 0 Å². The number of hydrazine groups is 1. The molecule has 0 radical (unpaired) electrons. The van der Waals surface area contributed by atoms with E-state index in [4.69, 9.17) is 27.9 Å². The van der Waals surface area contributed by atoms with Crippen LogP contribution in [0.5, 0.6) is 5.75 Å². The molecule has 0 aliphatic carbocycles.